The lowest BCUT2D eigenvalue weighted by Gasteiger charge is -2.26. The highest BCUT2D eigenvalue weighted by atomic mass is 32.2. The summed E-state index contributed by atoms with van der Waals surface area (Å²) in [6.07, 6.45) is 3.54. The predicted molar refractivity (Wildman–Crippen MR) is 68.7 cm³/mol. The van der Waals surface area contributed by atoms with E-state index < -0.39 is 15.7 Å². The smallest absolute Gasteiger partial charge is 0.179 e. The second-order valence-electron chi connectivity index (χ2n) is 4.68. The lowest BCUT2D eigenvalue weighted by atomic mass is 10.1. The summed E-state index contributed by atoms with van der Waals surface area (Å²) >= 11 is 0. The minimum Gasteiger partial charge on any atom is -0.302 e. The topological polar surface area (TPSA) is 37.4 Å². The van der Waals surface area contributed by atoms with Gasteiger partial charge in [0.1, 0.15) is 5.82 Å². The molecule has 5 heteroatoms. The number of nitrogens with zero attached hydrogens (tertiary/aromatic N) is 1. The van der Waals surface area contributed by atoms with Crippen LogP contribution in [0.25, 0.3) is 0 Å². The zero-order chi connectivity index (χ0) is 13.0. The average molecular weight is 271 g/mol. The zero-order valence-corrected chi connectivity index (χ0v) is 11.1. The third-order valence-electron chi connectivity index (χ3n) is 3.30. The third-order valence-corrected chi connectivity index (χ3v) is 5.01. The van der Waals surface area contributed by atoms with Crippen LogP contribution in [-0.4, -0.2) is 38.7 Å². The summed E-state index contributed by atoms with van der Waals surface area (Å²) in [4.78, 5) is 2.39. The van der Waals surface area contributed by atoms with Gasteiger partial charge in [-0.05, 0) is 50.2 Å². The number of halogens is 1. The summed E-state index contributed by atoms with van der Waals surface area (Å²) in [5, 5.41) is 0. The van der Waals surface area contributed by atoms with Gasteiger partial charge >= 0.3 is 0 Å². The lowest BCUT2D eigenvalue weighted by molar-refractivity contribution is 0.241. The van der Waals surface area contributed by atoms with Gasteiger partial charge in [0, 0.05) is 6.54 Å². The Morgan fingerprint density at radius 1 is 1.06 bits per heavy atom. The van der Waals surface area contributed by atoms with Gasteiger partial charge in [-0.2, -0.15) is 0 Å². The normalized spacial score (nSPS) is 17.8. The molecule has 100 valence electrons. The van der Waals surface area contributed by atoms with E-state index in [9.17, 15) is 12.8 Å². The van der Waals surface area contributed by atoms with Crippen molar-refractivity contribution in [3.63, 3.8) is 0 Å². The van der Waals surface area contributed by atoms with Crippen LogP contribution in [0.1, 0.15) is 19.3 Å². The molecule has 0 aliphatic carbocycles. The van der Waals surface area contributed by atoms with Gasteiger partial charge in [0.2, 0.25) is 0 Å². The SMILES string of the molecule is O=S(=O)(CCN1CCCCC1)c1ccc(F)cc1. The van der Waals surface area contributed by atoms with Crippen LogP contribution in [0.4, 0.5) is 4.39 Å². The third kappa shape index (κ3) is 3.53. The van der Waals surface area contributed by atoms with Crippen molar-refractivity contribution in [2.45, 2.75) is 24.2 Å². The Morgan fingerprint density at radius 3 is 2.28 bits per heavy atom. The fraction of sp³-hybridized carbons (Fsp3) is 0.538. The molecule has 0 radical (unpaired) electrons. The second-order valence-corrected chi connectivity index (χ2v) is 6.78. The molecular weight excluding hydrogens is 253 g/mol. The Balaban J connectivity index is 1.96. The monoisotopic (exact) mass is 271 g/mol. The van der Waals surface area contributed by atoms with E-state index in [1.165, 1.54) is 30.7 Å². The van der Waals surface area contributed by atoms with Gasteiger partial charge in [-0.1, -0.05) is 6.42 Å². The van der Waals surface area contributed by atoms with Crippen molar-refractivity contribution in [1.82, 2.24) is 4.90 Å². The Hall–Kier alpha value is -0.940. The van der Waals surface area contributed by atoms with E-state index in [-0.39, 0.29) is 10.6 Å². The van der Waals surface area contributed by atoms with E-state index in [4.69, 9.17) is 0 Å². The molecule has 0 aromatic heterocycles. The summed E-state index contributed by atoms with van der Waals surface area (Å²) in [6.45, 7) is 2.54. The number of hydrogen-bond donors (Lipinski definition) is 0. The minimum atomic E-state index is -3.28. The zero-order valence-electron chi connectivity index (χ0n) is 10.3. The van der Waals surface area contributed by atoms with Crippen molar-refractivity contribution in [1.29, 1.82) is 0 Å². The molecule has 2 rings (SSSR count). The highest BCUT2D eigenvalue weighted by Crippen LogP contribution is 2.14. The van der Waals surface area contributed by atoms with Crippen LogP contribution in [0.15, 0.2) is 29.2 Å². The molecule has 1 heterocycles. The fourth-order valence-corrected chi connectivity index (χ4v) is 3.48. The van der Waals surface area contributed by atoms with Gasteiger partial charge in [-0.15, -0.1) is 0 Å². The van der Waals surface area contributed by atoms with Crippen molar-refractivity contribution >= 4 is 9.84 Å². The molecule has 1 aliphatic rings. The van der Waals surface area contributed by atoms with Gasteiger partial charge in [0.25, 0.3) is 0 Å². The first kappa shape index (κ1) is 13.5. The summed E-state index contributed by atoms with van der Waals surface area (Å²) in [5.74, 6) is -0.302. The van der Waals surface area contributed by atoms with Gasteiger partial charge in [0.15, 0.2) is 9.84 Å². The molecule has 0 unspecified atom stereocenters. The van der Waals surface area contributed by atoms with Crippen LogP contribution < -0.4 is 0 Å². The van der Waals surface area contributed by atoms with Crippen molar-refractivity contribution in [3.8, 4) is 0 Å². The molecule has 1 aliphatic heterocycles. The van der Waals surface area contributed by atoms with Gasteiger partial charge in [-0.25, -0.2) is 12.8 Å². The first-order valence-electron chi connectivity index (χ1n) is 6.29. The van der Waals surface area contributed by atoms with Crippen molar-refractivity contribution in [2.24, 2.45) is 0 Å². The molecule has 0 amide bonds. The fourth-order valence-electron chi connectivity index (χ4n) is 2.19. The Bertz CT molecular complexity index is 478. The van der Waals surface area contributed by atoms with Crippen LogP contribution in [0.5, 0.6) is 0 Å². The summed E-state index contributed by atoms with van der Waals surface area (Å²) in [7, 11) is -3.28. The molecule has 1 fully saturated rings. The molecule has 0 atom stereocenters. The Morgan fingerprint density at radius 2 is 1.67 bits per heavy atom. The number of sulfone groups is 1. The highest BCUT2D eigenvalue weighted by molar-refractivity contribution is 7.91. The summed E-state index contributed by atoms with van der Waals surface area (Å²) in [5.41, 5.74) is 0. The molecule has 1 aromatic rings. The van der Waals surface area contributed by atoms with Crippen molar-refractivity contribution < 1.29 is 12.8 Å². The minimum absolute atomic E-state index is 0.110. The van der Waals surface area contributed by atoms with E-state index in [0.717, 1.165) is 25.9 Å². The van der Waals surface area contributed by atoms with E-state index in [0.29, 0.717) is 6.54 Å². The molecular formula is C13H18FNO2S. The molecule has 1 aromatic carbocycles. The lowest BCUT2D eigenvalue weighted by Crippen LogP contribution is -2.33. The molecule has 0 spiro atoms. The molecule has 0 N–H and O–H groups in total. The van der Waals surface area contributed by atoms with Crippen LogP contribution in [-0.2, 0) is 9.84 Å². The van der Waals surface area contributed by atoms with Crippen molar-refractivity contribution in [2.75, 3.05) is 25.4 Å². The highest BCUT2D eigenvalue weighted by Gasteiger charge is 2.17. The van der Waals surface area contributed by atoms with Gasteiger partial charge in [-0.3, -0.25) is 0 Å². The van der Waals surface area contributed by atoms with E-state index in [1.54, 1.807) is 0 Å². The standard InChI is InChI=1S/C13H18FNO2S/c14-12-4-6-13(7-5-12)18(16,17)11-10-15-8-2-1-3-9-15/h4-7H,1-3,8-11H2. The second kappa shape index (κ2) is 5.80. The maximum absolute atomic E-state index is 12.7. The quantitative estimate of drug-likeness (QED) is 0.787. The van der Waals surface area contributed by atoms with E-state index in [1.807, 2.05) is 0 Å². The van der Waals surface area contributed by atoms with Crippen molar-refractivity contribution in [3.05, 3.63) is 30.1 Å². The summed E-state index contributed by atoms with van der Waals surface area (Å²) < 4.78 is 36.8. The van der Waals surface area contributed by atoms with Gasteiger partial charge in [0.05, 0.1) is 10.6 Å². The Kier molecular flexibility index (Phi) is 4.35. The molecule has 3 nitrogen and oxygen atoms in total. The van der Waals surface area contributed by atoms with Crippen LogP contribution >= 0.6 is 0 Å². The number of rotatable bonds is 4. The number of hydrogen-bond acceptors (Lipinski definition) is 3. The largest absolute Gasteiger partial charge is 0.302 e. The number of benzene rings is 1. The number of likely N-dealkylation sites (tertiary alicyclic amines) is 1. The number of piperidine rings is 1. The first-order chi connectivity index (χ1) is 8.58. The molecule has 0 bridgehead atoms. The maximum atomic E-state index is 12.7. The van der Waals surface area contributed by atoms with Gasteiger partial charge < -0.3 is 4.90 Å². The maximum Gasteiger partial charge on any atom is 0.179 e. The van der Waals surface area contributed by atoms with Crippen LogP contribution in [0.3, 0.4) is 0 Å². The summed E-state index contributed by atoms with van der Waals surface area (Å²) in [6, 6.07) is 5.04. The predicted octanol–water partition coefficient (Wildman–Crippen LogP) is 2.09. The average Bonchev–Trinajstić information content (AvgIpc) is 2.38. The van der Waals surface area contributed by atoms with Crippen LogP contribution in [0, 0.1) is 5.82 Å². The Labute approximate surface area is 108 Å². The van der Waals surface area contributed by atoms with E-state index >= 15 is 0 Å². The molecule has 1 saturated heterocycles. The molecule has 18 heavy (non-hydrogen) atoms. The van der Waals surface area contributed by atoms with Crippen LogP contribution in [0.2, 0.25) is 0 Å². The molecule has 0 saturated carbocycles. The first-order valence-corrected chi connectivity index (χ1v) is 7.94. The van der Waals surface area contributed by atoms with E-state index in [2.05, 4.69) is 4.90 Å².